The summed E-state index contributed by atoms with van der Waals surface area (Å²) in [6.45, 7) is 6.63. The standard InChI is InChI=1S/C34H43N7O3/c1-3-34(42)44-26-11-9-7-5-6-8-10-25-43-32-21-22-33(36-27-32)40-39-29-15-13-28(14-16-29)37-38-30-17-19-31(20-18-30)41(4-2)24-12-23-35/h13-22,27H,3-12,24-26H2,1-2H3. The molecule has 1 heterocycles. The molecule has 0 saturated heterocycles. The summed E-state index contributed by atoms with van der Waals surface area (Å²) in [7, 11) is 0. The number of carbonyl (C=O) groups is 1. The fourth-order valence-corrected chi connectivity index (χ4v) is 4.28. The number of hydrogen-bond acceptors (Lipinski definition) is 10. The van der Waals surface area contributed by atoms with Crippen LogP contribution in [0.5, 0.6) is 5.75 Å². The summed E-state index contributed by atoms with van der Waals surface area (Å²) in [4.78, 5) is 17.6. The van der Waals surface area contributed by atoms with E-state index in [1.807, 2.05) is 61.5 Å². The van der Waals surface area contributed by atoms with Crippen LogP contribution in [0.1, 0.15) is 71.6 Å². The Kier molecular flexibility index (Phi) is 15.6. The Balaban J connectivity index is 1.33. The van der Waals surface area contributed by atoms with Crippen molar-refractivity contribution in [3.8, 4) is 11.8 Å². The second kappa shape index (κ2) is 20.3. The molecule has 0 N–H and O–H groups in total. The van der Waals surface area contributed by atoms with Crippen LogP contribution in [0.25, 0.3) is 0 Å². The summed E-state index contributed by atoms with van der Waals surface area (Å²) in [6, 6.07) is 21.0. The zero-order valence-corrected chi connectivity index (χ0v) is 25.9. The maximum Gasteiger partial charge on any atom is 0.305 e. The Morgan fingerprint density at radius 2 is 1.34 bits per heavy atom. The Morgan fingerprint density at radius 1 is 0.773 bits per heavy atom. The number of carbonyl (C=O) groups excluding carboxylic acids is 1. The lowest BCUT2D eigenvalue weighted by Gasteiger charge is -2.21. The quantitative estimate of drug-likeness (QED) is 0.0725. The van der Waals surface area contributed by atoms with E-state index in [0.29, 0.717) is 49.8 Å². The SMILES string of the molecule is CCC(=O)OCCCCCCCCCOc1ccc(N=Nc2ccc(N=Nc3ccc(N(CC)CCC#N)cc3)cc2)nc1. The van der Waals surface area contributed by atoms with Gasteiger partial charge in [0.15, 0.2) is 5.82 Å². The van der Waals surface area contributed by atoms with Gasteiger partial charge in [-0.15, -0.1) is 10.2 Å². The topological polar surface area (TPSA) is 125 Å². The zero-order valence-electron chi connectivity index (χ0n) is 25.9. The summed E-state index contributed by atoms with van der Waals surface area (Å²) in [6.07, 6.45) is 10.3. The first-order chi connectivity index (χ1) is 21.6. The number of benzene rings is 2. The monoisotopic (exact) mass is 597 g/mol. The highest BCUT2D eigenvalue weighted by Gasteiger charge is 2.04. The van der Waals surface area contributed by atoms with Gasteiger partial charge in [-0.2, -0.15) is 15.5 Å². The number of nitriles is 1. The first-order valence-electron chi connectivity index (χ1n) is 15.5. The van der Waals surface area contributed by atoms with E-state index in [4.69, 9.17) is 14.7 Å². The second-order valence-electron chi connectivity index (χ2n) is 10.2. The molecule has 0 aliphatic carbocycles. The molecule has 0 aliphatic heterocycles. The molecule has 0 radical (unpaired) electrons. The number of ether oxygens (including phenoxy) is 2. The van der Waals surface area contributed by atoms with E-state index in [1.54, 1.807) is 12.3 Å². The lowest BCUT2D eigenvalue weighted by Crippen LogP contribution is -2.23. The molecule has 10 heteroatoms. The number of rotatable bonds is 20. The maximum absolute atomic E-state index is 11.1. The van der Waals surface area contributed by atoms with Crippen molar-refractivity contribution in [3.63, 3.8) is 0 Å². The van der Waals surface area contributed by atoms with Gasteiger partial charge in [-0.3, -0.25) is 4.79 Å². The summed E-state index contributed by atoms with van der Waals surface area (Å²) in [5.74, 6) is 1.11. The van der Waals surface area contributed by atoms with Gasteiger partial charge < -0.3 is 14.4 Å². The molecule has 1 aromatic heterocycles. The largest absolute Gasteiger partial charge is 0.492 e. The molecule has 0 amide bonds. The molecule has 44 heavy (non-hydrogen) atoms. The summed E-state index contributed by atoms with van der Waals surface area (Å²) in [5, 5.41) is 25.9. The molecule has 2 aromatic carbocycles. The Bertz CT molecular complexity index is 1340. The van der Waals surface area contributed by atoms with Crippen molar-refractivity contribution >= 4 is 34.5 Å². The van der Waals surface area contributed by atoms with Crippen LogP contribution in [0.3, 0.4) is 0 Å². The average Bonchev–Trinajstić information content (AvgIpc) is 3.07. The lowest BCUT2D eigenvalue weighted by atomic mass is 10.1. The van der Waals surface area contributed by atoms with E-state index in [9.17, 15) is 4.79 Å². The molecule has 0 saturated carbocycles. The van der Waals surface area contributed by atoms with Crippen molar-refractivity contribution in [3.05, 3.63) is 66.9 Å². The number of nitrogens with zero attached hydrogens (tertiary/aromatic N) is 7. The van der Waals surface area contributed by atoms with Crippen LogP contribution in [0.2, 0.25) is 0 Å². The fourth-order valence-electron chi connectivity index (χ4n) is 4.28. The number of aromatic nitrogens is 1. The average molecular weight is 598 g/mol. The third-order valence-electron chi connectivity index (χ3n) is 6.82. The molecular weight excluding hydrogens is 554 g/mol. The van der Waals surface area contributed by atoms with Gasteiger partial charge in [-0.1, -0.05) is 39.0 Å². The van der Waals surface area contributed by atoms with Crippen LogP contribution in [0.15, 0.2) is 87.3 Å². The number of esters is 1. The first kappa shape index (κ1) is 33.8. The van der Waals surface area contributed by atoms with E-state index in [-0.39, 0.29) is 5.97 Å². The van der Waals surface area contributed by atoms with Crippen molar-refractivity contribution in [1.29, 1.82) is 5.26 Å². The minimum Gasteiger partial charge on any atom is -0.492 e. The second-order valence-corrected chi connectivity index (χ2v) is 10.2. The molecule has 0 atom stereocenters. The van der Waals surface area contributed by atoms with Crippen LogP contribution >= 0.6 is 0 Å². The third-order valence-corrected chi connectivity index (χ3v) is 6.82. The van der Waals surface area contributed by atoms with Gasteiger partial charge in [0.2, 0.25) is 0 Å². The molecule has 10 nitrogen and oxygen atoms in total. The van der Waals surface area contributed by atoms with E-state index < -0.39 is 0 Å². The van der Waals surface area contributed by atoms with Crippen molar-refractivity contribution in [1.82, 2.24) is 4.98 Å². The van der Waals surface area contributed by atoms with Gasteiger partial charge in [-0.05, 0) is 80.4 Å². The van der Waals surface area contributed by atoms with Crippen molar-refractivity contribution in [2.24, 2.45) is 20.5 Å². The first-order valence-corrected chi connectivity index (χ1v) is 15.5. The fraction of sp³-hybridized carbons (Fsp3) is 0.441. The normalized spacial score (nSPS) is 11.1. The number of unbranched alkanes of at least 4 members (excludes halogenated alkanes) is 6. The molecule has 3 rings (SSSR count). The van der Waals surface area contributed by atoms with Crippen molar-refractivity contribution in [2.75, 3.05) is 31.2 Å². The zero-order chi connectivity index (χ0) is 31.2. The molecule has 0 fully saturated rings. The van der Waals surface area contributed by atoms with E-state index in [0.717, 1.165) is 49.4 Å². The Hall–Kier alpha value is -4.65. The highest BCUT2D eigenvalue weighted by molar-refractivity contribution is 5.68. The van der Waals surface area contributed by atoms with Crippen LogP contribution in [-0.4, -0.2) is 37.3 Å². The van der Waals surface area contributed by atoms with E-state index >= 15 is 0 Å². The van der Waals surface area contributed by atoms with Gasteiger partial charge in [0, 0.05) is 25.2 Å². The third kappa shape index (κ3) is 13.1. The summed E-state index contributed by atoms with van der Waals surface area (Å²) < 4.78 is 10.9. The molecule has 3 aromatic rings. The number of anilines is 1. The molecule has 0 bridgehead atoms. The lowest BCUT2D eigenvalue weighted by molar-refractivity contribution is -0.143. The van der Waals surface area contributed by atoms with Crippen LogP contribution in [0, 0.1) is 11.3 Å². The van der Waals surface area contributed by atoms with Gasteiger partial charge in [0.1, 0.15) is 5.75 Å². The molecule has 0 unspecified atom stereocenters. The van der Waals surface area contributed by atoms with Gasteiger partial charge in [0.05, 0.1) is 49.0 Å². The molecule has 232 valence electrons. The smallest absolute Gasteiger partial charge is 0.305 e. The van der Waals surface area contributed by atoms with Gasteiger partial charge in [0.25, 0.3) is 0 Å². The van der Waals surface area contributed by atoms with Crippen molar-refractivity contribution < 1.29 is 14.3 Å². The predicted molar refractivity (Wildman–Crippen MR) is 173 cm³/mol. The minimum atomic E-state index is -0.116. The Morgan fingerprint density at radius 3 is 1.89 bits per heavy atom. The number of hydrogen-bond donors (Lipinski definition) is 0. The van der Waals surface area contributed by atoms with Gasteiger partial charge >= 0.3 is 5.97 Å². The van der Waals surface area contributed by atoms with Crippen LogP contribution in [-0.2, 0) is 9.53 Å². The summed E-state index contributed by atoms with van der Waals surface area (Å²) in [5.41, 5.74) is 3.21. The number of azo groups is 2. The highest BCUT2D eigenvalue weighted by Crippen LogP contribution is 2.25. The maximum atomic E-state index is 11.1. The van der Waals surface area contributed by atoms with Crippen LogP contribution in [0.4, 0.5) is 28.6 Å². The molecular formula is C34H43N7O3. The predicted octanol–water partition coefficient (Wildman–Crippen LogP) is 9.72. The van der Waals surface area contributed by atoms with E-state index in [2.05, 4.69) is 43.3 Å². The van der Waals surface area contributed by atoms with Crippen LogP contribution < -0.4 is 9.64 Å². The van der Waals surface area contributed by atoms with E-state index in [1.165, 1.54) is 19.3 Å². The minimum absolute atomic E-state index is 0.116. The summed E-state index contributed by atoms with van der Waals surface area (Å²) >= 11 is 0. The number of pyridine rings is 1. The molecule has 0 aliphatic rings. The van der Waals surface area contributed by atoms with Crippen molar-refractivity contribution in [2.45, 2.75) is 71.6 Å². The highest BCUT2D eigenvalue weighted by atomic mass is 16.5. The molecule has 0 spiro atoms. The Labute approximate surface area is 260 Å². The van der Waals surface area contributed by atoms with Gasteiger partial charge in [-0.25, -0.2) is 4.98 Å².